The molecule has 0 aromatic heterocycles. The smallest absolute Gasteiger partial charge is 0.224 e. The first-order valence-electron chi connectivity index (χ1n) is 6.44. The average molecular weight is 264 g/mol. The molecule has 1 amide bonds. The fourth-order valence-corrected chi connectivity index (χ4v) is 2.23. The van der Waals surface area contributed by atoms with E-state index in [9.17, 15) is 4.79 Å². The summed E-state index contributed by atoms with van der Waals surface area (Å²) in [4.78, 5) is 11.9. The molecule has 0 unspecified atom stereocenters. The lowest BCUT2D eigenvalue weighted by Gasteiger charge is -2.12. The van der Waals surface area contributed by atoms with Crippen molar-refractivity contribution < 1.29 is 14.3 Å². The van der Waals surface area contributed by atoms with E-state index in [0.717, 1.165) is 25.1 Å². The van der Waals surface area contributed by atoms with Crippen LogP contribution in [0.1, 0.15) is 12.0 Å². The Morgan fingerprint density at radius 1 is 1.37 bits per heavy atom. The molecule has 0 saturated carbocycles. The van der Waals surface area contributed by atoms with Crippen molar-refractivity contribution >= 4 is 5.91 Å². The first-order chi connectivity index (χ1) is 9.22. The van der Waals surface area contributed by atoms with Gasteiger partial charge in [0.2, 0.25) is 5.91 Å². The van der Waals surface area contributed by atoms with Crippen LogP contribution in [0.25, 0.3) is 0 Å². The molecule has 1 aromatic rings. The third kappa shape index (κ3) is 3.61. The fraction of sp³-hybridized carbons (Fsp3) is 0.500. The van der Waals surface area contributed by atoms with E-state index >= 15 is 0 Å². The maximum atomic E-state index is 11.9. The number of benzene rings is 1. The highest BCUT2D eigenvalue weighted by molar-refractivity contribution is 5.79. The predicted octanol–water partition coefficient (Wildman–Crippen LogP) is 0.724. The maximum Gasteiger partial charge on any atom is 0.224 e. The molecule has 1 aliphatic rings. The van der Waals surface area contributed by atoms with Crippen LogP contribution in [0.4, 0.5) is 0 Å². The summed E-state index contributed by atoms with van der Waals surface area (Å²) in [5, 5.41) is 6.24. The van der Waals surface area contributed by atoms with Gasteiger partial charge in [0, 0.05) is 12.6 Å². The fourth-order valence-electron chi connectivity index (χ4n) is 2.23. The van der Waals surface area contributed by atoms with Crippen LogP contribution >= 0.6 is 0 Å². The van der Waals surface area contributed by atoms with E-state index in [1.807, 2.05) is 18.2 Å². The lowest BCUT2D eigenvalue weighted by atomic mass is 10.1. The molecule has 104 valence electrons. The Labute approximate surface area is 113 Å². The molecule has 0 aliphatic carbocycles. The Morgan fingerprint density at radius 2 is 2.16 bits per heavy atom. The van der Waals surface area contributed by atoms with E-state index in [2.05, 4.69) is 10.6 Å². The van der Waals surface area contributed by atoms with Gasteiger partial charge in [0.25, 0.3) is 0 Å². The van der Waals surface area contributed by atoms with Gasteiger partial charge in [-0.15, -0.1) is 0 Å². The van der Waals surface area contributed by atoms with Gasteiger partial charge in [-0.2, -0.15) is 0 Å². The van der Waals surface area contributed by atoms with E-state index in [1.165, 1.54) is 0 Å². The van der Waals surface area contributed by atoms with Gasteiger partial charge in [-0.3, -0.25) is 4.79 Å². The maximum absolute atomic E-state index is 11.9. The summed E-state index contributed by atoms with van der Waals surface area (Å²) in [7, 11) is 3.18. The van der Waals surface area contributed by atoms with Gasteiger partial charge in [-0.1, -0.05) is 6.07 Å². The molecule has 1 aliphatic heterocycles. The predicted molar refractivity (Wildman–Crippen MR) is 72.7 cm³/mol. The van der Waals surface area contributed by atoms with Gasteiger partial charge >= 0.3 is 0 Å². The standard InChI is InChI=1S/C14H20N2O3/c1-18-12-4-3-10(7-13(12)19-2)8-14(17)16-11-5-6-15-9-11/h3-4,7,11,15H,5-6,8-9H2,1-2H3,(H,16,17)/t11-/m0/s1. The van der Waals surface area contributed by atoms with Crippen LogP contribution in [0.5, 0.6) is 11.5 Å². The SMILES string of the molecule is COc1ccc(CC(=O)N[C@H]2CCNC2)cc1OC. The number of hydrogen-bond donors (Lipinski definition) is 2. The topological polar surface area (TPSA) is 59.6 Å². The molecule has 5 heteroatoms. The number of carbonyl (C=O) groups is 1. The van der Waals surface area contributed by atoms with Crippen molar-refractivity contribution in [1.29, 1.82) is 0 Å². The number of methoxy groups -OCH3 is 2. The van der Waals surface area contributed by atoms with Crippen LogP contribution in [0, 0.1) is 0 Å². The zero-order valence-corrected chi connectivity index (χ0v) is 11.4. The third-order valence-corrected chi connectivity index (χ3v) is 3.24. The minimum absolute atomic E-state index is 0.0425. The van der Waals surface area contributed by atoms with Crippen LogP contribution in [0.3, 0.4) is 0 Å². The van der Waals surface area contributed by atoms with Crippen molar-refractivity contribution in [3.63, 3.8) is 0 Å². The molecule has 2 rings (SSSR count). The van der Waals surface area contributed by atoms with Crippen molar-refractivity contribution in [1.82, 2.24) is 10.6 Å². The van der Waals surface area contributed by atoms with E-state index in [0.29, 0.717) is 17.9 Å². The van der Waals surface area contributed by atoms with Crippen LogP contribution in [-0.4, -0.2) is 39.3 Å². The van der Waals surface area contributed by atoms with Crippen LogP contribution in [0.2, 0.25) is 0 Å². The second-order valence-electron chi connectivity index (χ2n) is 4.62. The van der Waals surface area contributed by atoms with Crippen LogP contribution in [0.15, 0.2) is 18.2 Å². The van der Waals surface area contributed by atoms with Crippen molar-refractivity contribution in [2.75, 3.05) is 27.3 Å². The second kappa shape index (κ2) is 6.43. The number of hydrogen-bond acceptors (Lipinski definition) is 4. The van der Waals surface area contributed by atoms with Crippen LogP contribution < -0.4 is 20.1 Å². The quantitative estimate of drug-likeness (QED) is 0.823. The monoisotopic (exact) mass is 264 g/mol. The van der Waals surface area contributed by atoms with E-state index in [4.69, 9.17) is 9.47 Å². The van der Waals surface area contributed by atoms with Crippen LogP contribution in [-0.2, 0) is 11.2 Å². The Bertz CT molecular complexity index is 442. The summed E-state index contributed by atoms with van der Waals surface area (Å²) in [6, 6.07) is 5.80. The molecule has 0 radical (unpaired) electrons. The van der Waals surface area contributed by atoms with Gasteiger partial charge in [0.15, 0.2) is 11.5 Å². The van der Waals surface area contributed by atoms with Gasteiger partial charge in [-0.25, -0.2) is 0 Å². The highest BCUT2D eigenvalue weighted by atomic mass is 16.5. The largest absolute Gasteiger partial charge is 0.493 e. The number of carbonyl (C=O) groups excluding carboxylic acids is 1. The summed E-state index contributed by atoms with van der Waals surface area (Å²) in [6.45, 7) is 1.83. The molecule has 1 fully saturated rings. The molecule has 19 heavy (non-hydrogen) atoms. The van der Waals surface area contributed by atoms with E-state index in [-0.39, 0.29) is 11.9 Å². The van der Waals surface area contributed by atoms with Crippen molar-refractivity contribution in [3.05, 3.63) is 23.8 Å². The Hall–Kier alpha value is -1.75. The molecule has 0 spiro atoms. The zero-order chi connectivity index (χ0) is 13.7. The molecule has 1 saturated heterocycles. The molecule has 1 heterocycles. The highest BCUT2D eigenvalue weighted by Crippen LogP contribution is 2.27. The molecule has 0 bridgehead atoms. The summed E-state index contributed by atoms with van der Waals surface area (Å²) in [6.07, 6.45) is 1.36. The number of nitrogens with one attached hydrogen (secondary N) is 2. The molecule has 1 atom stereocenters. The Kier molecular flexibility index (Phi) is 4.63. The number of amides is 1. The minimum atomic E-state index is 0.0425. The van der Waals surface area contributed by atoms with E-state index in [1.54, 1.807) is 14.2 Å². The second-order valence-corrected chi connectivity index (χ2v) is 4.62. The Morgan fingerprint density at radius 3 is 2.79 bits per heavy atom. The summed E-state index contributed by atoms with van der Waals surface area (Å²) >= 11 is 0. The summed E-state index contributed by atoms with van der Waals surface area (Å²) in [5.74, 6) is 1.36. The zero-order valence-electron chi connectivity index (χ0n) is 11.4. The van der Waals surface area contributed by atoms with Gasteiger partial charge in [0.05, 0.1) is 20.6 Å². The molecule has 2 N–H and O–H groups in total. The molecule has 1 aromatic carbocycles. The average Bonchev–Trinajstić information content (AvgIpc) is 2.91. The molecular weight excluding hydrogens is 244 g/mol. The lowest BCUT2D eigenvalue weighted by molar-refractivity contribution is -0.121. The minimum Gasteiger partial charge on any atom is -0.493 e. The summed E-state index contributed by atoms with van der Waals surface area (Å²) in [5.41, 5.74) is 0.918. The van der Waals surface area contributed by atoms with E-state index < -0.39 is 0 Å². The van der Waals surface area contributed by atoms with Crippen molar-refractivity contribution in [2.24, 2.45) is 0 Å². The number of ether oxygens (including phenoxy) is 2. The van der Waals surface area contributed by atoms with Gasteiger partial charge < -0.3 is 20.1 Å². The summed E-state index contributed by atoms with van der Waals surface area (Å²) < 4.78 is 10.4. The van der Waals surface area contributed by atoms with Crippen molar-refractivity contribution in [2.45, 2.75) is 18.9 Å². The first kappa shape index (κ1) is 13.7. The lowest BCUT2D eigenvalue weighted by Crippen LogP contribution is -2.37. The number of rotatable bonds is 5. The van der Waals surface area contributed by atoms with Crippen molar-refractivity contribution in [3.8, 4) is 11.5 Å². The third-order valence-electron chi connectivity index (χ3n) is 3.24. The molecular formula is C14H20N2O3. The van der Waals surface area contributed by atoms with Gasteiger partial charge in [0.1, 0.15) is 0 Å². The molecule has 5 nitrogen and oxygen atoms in total. The Balaban J connectivity index is 1.96. The highest BCUT2D eigenvalue weighted by Gasteiger charge is 2.17. The normalized spacial score (nSPS) is 18.1. The first-order valence-corrected chi connectivity index (χ1v) is 6.44. The van der Waals surface area contributed by atoms with Gasteiger partial charge in [-0.05, 0) is 30.7 Å².